The number of carbonyl (C=O) groups is 1. The highest BCUT2D eigenvalue weighted by atomic mass is 32.1. The van der Waals surface area contributed by atoms with Gasteiger partial charge in [-0.2, -0.15) is 0 Å². The summed E-state index contributed by atoms with van der Waals surface area (Å²) in [5, 5.41) is 11.2. The minimum Gasteiger partial charge on any atom is -0.493 e. The lowest BCUT2D eigenvalue weighted by molar-refractivity contribution is -0.131. The van der Waals surface area contributed by atoms with E-state index in [2.05, 4.69) is 15.1 Å². The van der Waals surface area contributed by atoms with Crippen LogP contribution in [0, 0.1) is 6.92 Å². The highest BCUT2D eigenvalue weighted by Crippen LogP contribution is 2.36. The molecule has 6 nitrogen and oxygen atoms in total. The molecule has 1 saturated carbocycles. The van der Waals surface area contributed by atoms with Gasteiger partial charge in [-0.05, 0) is 37.8 Å². The van der Waals surface area contributed by atoms with Crippen LogP contribution in [0.3, 0.4) is 0 Å². The predicted octanol–water partition coefficient (Wildman–Crippen LogP) is 4.40. The van der Waals surface area contributed by atoms with Crippen molar-refractivity contribution in [3.63, 3.8) is 0 Å². The summed E-state index contributed by atoms with van der Waals surface area (Å²) in [6.45, 7) is 5.81. The van der Waals surface area contributed by atoms with Crippen molar-refractivity contribution in [1.29, 1.82) is 0 Å². The van der Waals surface area contributed by atoms with E-state index in [1.54, 1.807) is 11.3 Å². The van der Waals surface area contributed by atoms with Crippen LogP contribution in [-0.4, -0.2) is 53.8 Å². The molecule has 4 rings (SSSR count). The lowest BCUT2D eigenvalue weighted by Gasteiger charge is -2.34. The van der Waals surface area contributed by atoms with Crippen LogP contribution in [0.4, 0.5) is 5.13 Å². The van der Waals surface area contributed by atoms with E-state index in [1.165, 1.54) is 37.1 Å². The molecule has 0 N–H and O–H groups in total. The Hall–Kier alpha value is -2.15. The van der Waals surface area contributed by atoms with Crippen LogP contribution in [0.2, 0.25) is 0 Å². The number of hydrogen-bond donors (Lipinski definition) is 0. The molecule has 1 amide bonds. The number of benzene rings is 1. The van der Waals surface area contributed by atoms with Gasteiger partial charge in [-0.3, -0.25) is 4.79 Å². The number of ether oxygens (including phenoxy) is 1. The molecule has 7 heteroatoms. The van der Waals surface area contributed by atoms with Gasteiger partial charge in [0.05, 0.1) is 6.61 Å². The van der Waals surface area contributed by atoms with E-state index >= 15 is 0 Å². The lowest BCUT2D eigenvalue weighted by Crippen LogP contribution is -2.48. The van der Waals surface area contributed by atoms with Gasteiger partial charge in [0.15, 0.2) is 0 Å². The minimum absolute atomic E-state index is 0.225. The second kappa shape index (κ2) is 10.2. The first-order chi connectivity index (χ1) is 14.7. The Kier molecular flexibility index (Phi) is 7.20. The van der Waals surface area contributed by atoms with E-state index in [4.69, 9.17) is 4.74 Å². The fourth-order valence-corrected chi connectivity index (χ4v) is 5.36. The number of nitrogens with zero attached hydrogens (tertiary/aromatic N) is 4. The third-order valence-corrected chi connectivity index (χ3v) is 7.32. The van der Waals surface area contributed by atoms with Crippen LogP contribution in [0.15, 0.2) is 24.3 Å². The molecule has 1 aliphatic carbocycles. The zero-order chi connectivity index (χ0) is 20.8. The van der Waals surface area contributed by atoms with Crippen LogP contribution in [0.1, 0.15) is 61.4 Å². The van der Waals surface area contributed by atoms with E-state index in [0.29, 0.717) is 18.9 Å². The second-order valence-corrected chi connectivity index (χ2v) is 9.33. The molecule has 30 heavy (non-hydrogen) atoms. The summed E-state index contributed by atoms with van der Waals surface area (Å²) in [7, 11) is 0. The van der Waals surface area contributed by atoms with E-state index in [9.17, 15) is 4.79 Å². The molecule has 2 aromatic rings. The molecule has 1 aromatic heterocycles. The monoisotopic (exact) mass is 428 g/mol. The second-order valence-electron chi connectivity index (χ2n) is 8.34. The van der Waals surface area contributed by atoms with Crippen LogP contribution < -0.4 is 9.64 Å². The maximum absolute atomic E-state index is 12.6. The fourth-order valence-electron chi connectivity index (χ4n) is 4.30. The number of amides is 1. The number of aromatic nitrogens is 2. The van der Waals surface area contributed by atoms with Gasteiger partial charge in [-0.15, -0.1) is 10.2 Å². The topological polar surface area (TPSA) is 58.6 Å². The van der Waals surface area contributed by atoms with Crippen LogP contribution in [0.5, 0.6) is 5.75 Å². The van der Waals surface area contributed by atoms with Gasteiger partial charge in [-0.1, -0.05) is 48.8 Å². The predicted molar refractivity (Wildman–Crippen MR) is 120 cm³/mol. The third-order valence-electron chi connectivity index (χ3n) is 6.17. The standard InChI is InChI=1S/C23H32N4O2S/c1-18-8-5-6-11-20(18)29-17-7-12-21(28)26-13-15-27(16-14-26)23-25-24-22(30-23)19-9-3-2-4-10-19/h5-6,8,11,19H,2-4,7,9-10,12-17H2,1H3. The maximum atomic E-state index is 12.6. The van der Waals surface area contributed by atoms with E-state index in [0.717, 1.165) is 49.0 Å². The number of rotatable bonds is 7. The molecule has 162 valence electrons. The van der Waals surface area contributed by atoms with Gasteiger partial charge >= 0.3 is 0 Å². The van der Waals surface area contributed by atoms with Crippen molar-refractivity contribution < 1.29 is 9.53 Å². The lowest BCUT2D eigenvalue weighted by atomic mass is 9.90. The molecule has 1 aliphatic heterocycles. The van der Waals surface area contributed by atoms with Crippen LogP contribution >= 0.6 is 11.3 Å². The molecule has 1 aromatic carbocycles. The van der Waals surface area contributed by atoms with Gasteiger partial charge < -0.3 is 14.5 Å². The van der Waals surface area contributed by atoms with Gasteiger partial charge in [0.1, 0.15) is 10.8 Å². The third kappa shape index (κ3) is 5.31. The van der Waals surface area contributed by atoms with E-state index in [1.807, 2.05) is 36.1 Å². The number of hydrogen-bond acceptors (Lipinski definition) is 6. The van der Waals surface area contributed by atoms with E-state index < -0.39 is 0 Å². The molecular formula is C23H32N4O2S. The van der Waals surface area contributed by atoms with Crippen LogP contribution in [-0.2, 0) is 4.79 Å². The average molecular weight is 429 g/mol. The summed E-state index contributed by atoms with van der Waals surface area (Å²) in [5.41, 5.74) is 1.13. The molecule has 2 aliphatic rings. The van der Waals surface area contributed by atoms with Crippen molar-refractivity contribution >= 4 is 22.4 Å². The Morgan fingerprint density at radius 1 is 1.10 bits per heavy atom. The van der Waals surface area contributed by atoms with Crippen molar-refractivity contribution in [3.05, 3.63) is 34.8 Å². The minimum atomic E-state index is 0.225. The molecule has 0 unspecified atom stereocenters. The molecule has 1 saturated heterocycles. The Morgan fingerprint density at radius 2 is 1.87 bits per heavy atom. The fraction of sp³-hybridized carbons (Fsp3) is 0.609. The zero-order valence-corrected chi connectivity index (χ0v) is 18.7. The molecule has 0 bridgehead atoms. The van der Waals surface area contributed by atoms with Crippen molar-refractivity contribution in [1.82, 2.24) is 15.1 Å². The molecule has 2 heterocycles. The largest absolute Gasteiger partial charge is 0.493 e. The molecule has 0 spiro atoms. The highest BCUT2D eigenvalue weighted by molar-refractivity contribution is 7.15. The Bertz CT molecular complexity index is 826. The number of carbonyl (C=O) groups excluding carboxylic acids is 1. The Morgan fingerprint density at radius 3 is 2.63 bits per heavy atom. The first-order valence-electron chi connectivity index (χ1n) is 11.3. The Balaban J connectivity index is 1.18. The Labute approximate surface area is 183 Å². The van der Waals surface area contributed by atoms with Crippen molar-refractivity contribution in [2.45, 2.75) is 57.8 Å². The van der Waals surface area contributed by atoms with Crippen molar-refractivity contribution in [3.8, 4) is 5.75 Å². The summed E-state index contributed by atoms with van der Waals surface area (Å²) in [6, 6.07) is 7.99. The summed E-state index contributed by atoms with van der Waals surface area (Å²) < 4.78 is 5.81. The quantitative estimate of drug-likeness (QED) is 0.612. The summed E-state index contributed by atoms with van der Waals surface area (Å²) >= 11 is 1.76. The summed E-state index contributed by atoms with van der Waals surface area (Å²) in [6.07, 6.45) is 7.78. The number of aryl methyl sites for hydroxylation is 1. The van der Waals surface area contributed by atoms with Gasteiger partial charge in [0, 0.05) is 38.5 Å². The number of para-hydroxylation sites is 1. The average Bonchev–Trinajstić information content (AvgIpc) is 3.29. The smallest absolute Gasteiger partial charge is 0.222 e. The maximum Gasteiger partial charge on any atom is 0.222 e. The van der Waals surface area contributed by atoms with E-state index in [-0.39, 0.29) is 5.91 Å². The van der Waals surface area contributed by atoms with Gasteiger partial charge in [-0.25, -0.2) is 0 Å². The molecule has 0 radical (unpaired) electrons. The van der Waals surface area contributed by atoms with Gasteiger partial charge in [0.2, 0.25) is 11.0 Å². The molecule has 2 fully saturated rings. The SMILES string of the molecule is Cc1ccccc1OCCCC(=O)N1CCN(c2nnc(C3CCCCC3)s2)CC1. The molecular weight excluding hydrogens is 396 g/mol. The van der Waals surface area contributed by atoms with Crippen molar-refractivity contribution in [2.24, 2.45) is 0 Å². The van der Waals surface area contributed by atoms with Crippen LogP contribution in [0.25, 0.3) is 0 Å². The summed E-state index contributed by atoms with van der Waals surface area (Å²) in [4.78, 5) is 16.8. The highest BCUT2D eigenvalue weighted by Gasteiger charge is 2.25. The van der Waals surface area contributed by atoms with Crippen molar-refractivity contribution in [2.75, 3.05) is 37.7 Å². The first kappa shape index (κ1) is 21.1. The number of anilines is 1. The molecule has 0 atom stereocenters. The summed E-state index contributed by atoms with van der Waals surface area (Å²) in [5.74, 6) is 1.74. The first-order valence-corrected chi connectivity index (χ1v) is 12.1. The van der Waals surface area contributed by atoms with Gasteiger partial charge in [0.25, 0.3) is 0 Å². The normalized spacial score (nSPS) is 17.9. The zero-order valence-electron chi connectivity index (χ0n) is 17.9. The number of piperazine rings is 1.